The van der Waals surface area contributed by atoms with Crippen molar-refractivity contribution in [2.45, 2.75) is 13.1 Å². The van der Waals surface area contributed by atoms with E-state index < -0.39 is 0 Å². The minimum atomic E-state index is -0.0573. The summed E-state index contributed by atoms with van der Waals surface area (Å²) in [5, 5.41) is 1.50. The van der Waals surface area contributed by atoms with Gasteiger partial charge in [-0.05, 0) is 35.4 Å². The van der Waals surface area contributed by atoms with Crippen molar-refractivity contribution in [3.63, 3.8) is 0 Å². The zero-order chi connectivity index (χ0) is 43.0. The van der Waals surface area contributed by atoms with Gasteiger partial charge in [0.25, 0.3) is 0 Å². The molecule has 0 spiro atoms. The van der Waals surface area contributed by atoms with Crippen molar-refractivity contribution in [3.8, 4) is 22.5 Å². The van der Waals surface area contributed by atoms with Crippen molar-refractivity contribution >= 4 is 55.9 Å². The summed E-state index contributed by atoms with van der Waals surface area (Å²) < 4.78 is 0. The van der Waals surface area contributed by atoms with Crippen LogP contribution < -0.4 is 19.6 Å². The van der Waals surface area contributed by atoms with Gasteiger partial charge in [-0.1, -0.05) is 168 Å². The number of aromatic nitrogens is 2. The Bertz CT molecular complexity index is 2530. The highest BCUT2D eigenvalue weighted by Gasteiger charge is 2.27. The third kappa shape index (κ3) is 9.68. The quantitative estimate of drug-likeness (QED) is 0.0839. The molecule has 0 amide bonds. The van der Waals surface area contributed by atoms with E-state index in [1.165, 1.54) is 22.7 Å². The van der Waals surface area contributed by atoms with Gasteiger partial charge in [-0.15, -0.1) is 0 Å². The zero-order valence-electron chi connectivity index (χ0n) is 35.3. The standard InChI is InChI=1S/C52H48N6O2S2/c1-55(2)43-29-25-37(26-30-43)35-57(51-53-45(39-17-9-5-10-18-39)49(61-51)47(59)41-21-13-7-14-22-41)33-34-58(36-38-27-31-44(32-28-38)56(3)4)52-54-46(40-19-11-6-12-20-40)50(62-52)48(60)42-23-15-8-16-24-42/h5-32H,33-36H2,1-4H3. The van der Waals surface area contributed by atoms with Gasteiger partial charge in [0.2, 0.25) is 11.6 Å². The zero-order valence-corrected chi connectivity index (χ0v) is 36.9. The van der Waals surface area contributed by atoms with E-state index in [-0.39, 0.29) is 11.6 Å². The van der Waals surface area contributed by atoms with E-state index in [4.69, 9.17) is 9.97 Å². The molecule has 0 N–H and O–H groups in total. The second-order valence-electron chi connectivity index (χ2n) is 15.4. The average molecular weight is 853 g/mol. The van der Waals surface area contributed by atoms with Crippen LogP contribution in [0.25, 0.3) is 22.5 Å². The van der Waals surface area contributed by atoms with Gasteiger partial charge in [0.15, 0.2) is 10.3 Å². The van der Waals surface area contributed by atoms with Crippen molar-refractivity contribution in [1.82, 2.24) is 9.97 Å². The molecule has 2 aromatic heterocycles. The molecule has 2 heterocycles. The Labute approximate surface area is 372 Å². The molecule has 0 aliphatic rings. The lowest BCUT2D eigenvalue weighted by Gasteiger charge is -2.28. The fourth-order valence-electron chi connectivity index (χ4n) is 7.19. The molecule has 8 rings (SSSR count). The second-order valence-corrected chi connectivity index (χ2v) is 17.4. The van der Waals surface area contributed by atoms with Crippen LogP contribution >= 0.6 is 22.7 Å². The molecule has 0 fully saturated rings. The predicted molar refractivity (Wildman–Crippen MR) is 258 cm³/mol. The Kier molecular flexibility index (Phi) is 13.0. The summed E-state index contributed by atoms with van der Waals surface area (Å²) >= 11 is 2.86. The SMILES string of the molecule is CN(C)c1ccc(CN(CCN(Cc2ccc(N(C)C)cc2)c2nc(-c3ccccc3)c(C(=O)c3ccccc3)s2)c2nc(-c3ccccc3)c(C(=O)c3ccccc3)s2)cc1. The van der Waals surface area contributed by atoms with E-state index in [0.717, 1.165) is 43.9 Å². The molecule has 8 nitrogen and oxygen atoms in total. The van der Waals surface area contributed by atoms with Gasteiger partial charge in [-0.2, -0.15) is 0 Å². The van der Waals surface area contributed by atoms with Crippen LogP contribution in [-0.2, 0) is 13.1 Å². The topological polar surface area (TPSA) is 72.9 Å². The van der Waals surface area contributed by atoms with Crippen molar-refractivity contribution in [3.05, 3.63) is 202 Å². The van der Waals surface area contributed by atoms with Crippen LogP contribution in [0, 0.1) is 0 Å². The molecule has 10 heteroatoms. The van der Waals surface area contributed by atoms with Gasteiger partial charge in [-0.25, -0.2) is 9.97 Å². The highest BCUT2D eigenvalue weighted by atomic mass is 32.1. The maximum Gasteiger partial charge on any atom is 0.205 e. The normalized spacial score (nSPS) is 11.0. The summed E-state index contributed by atoms with van der Waals surface area (Å²) in [4.78, 5) is 49.0. The Morgan fingerprint density at radius 1 is 0.435 bits per heavy atom. The Balaban J connectivity index is 1.21. The highest BCUT2D eigenvalue weighted by Crippen LogP contribution is 2.38. The highest BCUT2D eigenvalue weighted by molar-refractivity contribution is 7.18. The first-order valence-electron chi connectivity index (χ1n) is 20.6. The fourth-order valence-corrected chi connectivity index (χ4v) is 9.34. The number of anilines is 4. The van der Waals surface area contributed by atoms with Crippen LogP contribution in [-0.4, -0.2) is 62.8 Å². The van der Waals surface area contributed by atoms with Gasteiger partial charge in [0.1, 0.15) is 9.75 Å². The molecule has 0 saturated heterocycles. The summed E-state index contributed by atoms with van der Waals surface area (Å²) in [5.74, 6) is -0.115. The van der Waals surface area contributed by atoms with Crippen molar-refractivity contribution in [2.75, 3.05) is 60.9 Å². The lowest BCUT2D eigenvalue weighted by molar-refractivity contribution is 0.103. The van der Waals surface area contributed by atoms with E-state index in [9.17, 15) is 9.59 Å². The van der Waals surface area contributed by atoms with E-state index >= 15 is 0 Å². The Morgan fingerprint density at radius 3 is 1.08 bits per heavy atom. The van der Waals surface area contributed by atoms with Crippen molar-refractivity contribution < 1.29 is 9.59 Å². The van der Waals surface area contributed by atoms with E-state index in [1.54, 1.807) is 0 Å². The minimum Gasteiger partial charge on any atom is -0.378 e. The van der Waals surface area contributed by atoms with Gasteiger partial charge in [-0.3, -0.25) is 9.59 Å². The molecule has 0 bridgehead atoms. The molecule has 0 aliphatic heterocycles. The first-order valence-corrected chi connectivity index (χ1v) is 22.2. The van der Waals surface area contributed by atoms with Gasteiger partial charge < -0.3 is 19.6 Å². The summed E-state index contributed by atoms with van der Waals surface area (Å²) in [6.07, 6.45) is 0. The molecule has 0 unspecified atom stereocenters. The molecular weight excluding hydrogens is 805 g/mol. The second kappa shape index (κ2) is 19.2. The van der Waals surface area contributed by atoms with E-state index in [1.807, 2.05) is 150 Å². The van der Waals surface area contributed by atoms with Crippen LogP contribution in [0.2, 0.25) is 0 Å². The number of thiazole rings is 2. The molecule has 8 aromatic rings. The minimum absolute atomic E-state index is 0.0573. The maximum atomic E-state index is 14.3. The Hall–Kier alpha value is -6.88. The van der Waals surface area contributed by atoms with E-state index in [0.29, 0.717) is 58.4 Å². The largest absolute Gasteiger partial charge is 0.378 e. The number of ketones is 2. The maximum absolute atomic E-state index is 14.3. The first kappa shape index (κ1) is 41.8. The third-order valence-corrected chi connectivity index (χ3v) is 12.9. The molecule has 0 radical (unpaired) electrons. The summed E-state index contributed by atoms with van der Waals surface area (Å²) in [5.41, 5.74) is 8.81. The smallest absolute Gasteiger partial charge is 0.205 e. The molecule has 6 aromatic carbocycles. The summed E-state index contributed by atoms with van der Waals surface area (Å²) in [6.45, 7) is 2.22. The van der Waals surface area contributed by atoms with Crippen molar-refractivity contribution in [1.29, 1.82) is 0 Å². The monoisotopic (exact) mass is 852 g/mol. The van der Waals surface area contributed by atoms with Gasteiger partial charge in [0.05, 0.1) is 11.4 Å². The number of carbonyl (C=O) groups excluding carboxylic acids is 2. The van der Waals surface area contributed by atoms with Crippen molar-refractivity contribution in [2.24, 2.45) is 0 Å². The molecule has 0 saturated carbocycles. The fraction of sp³-hybridized carbons (Fsp3) is 0.154. The Morgan fingerprint density at radius 2 is 0.758 bits per heavy atom. The first-order chi connectivity index (χ1) is 30.2. The van der Waals surface area contributed by atoms with Gasteiger partial charge in [0, 0.05) is 88.0 Å². The third-order valence-electron chi connectivity index (χ3n) is 10.6. The molecule has 0 atom stereocenters. The number of hydrogen-bond donors (Lipinski definition) is 0. The number of nitrogens with zero attached hydrogens (tertiary/aromatic N) is 6. The lowest BCUT2D eigenvalue weighted by Crippen LogP contribution is -2.35. The summed E-state index contributed by atoms with van der Waals surface area (Å²) in [7, 11) is 8.15. The lowest BCUT2D eigenvalue weighted by atomic mass is 10.1. The van der Waals surface area contributed by atoms with Crippen LogP contribution in [0.1, 0.15) is 41.6 Å². The van der Waals surface area contributed by atoms with Crippen LogP contribution in [0.4, 0.5) is 21.6 Å². The number of rotatable bonds is 17. The summed E-state index contributed by atoms with van der Waals surface area (Å²) in [6, 6.07) is 55.9. The number of benzene rings is 6. The molecule has 62 heavy (non-hydrogen) atoms. The average Bonchev–Trinajstić information content (AvgIpc) is 3.97. The number of carbonyl (C=O) groups is 2. The molecule has 310 valence electrons. The van der Waals surface area contributed by atoms with Crippen LogP contribution in [0.15, 0.2) is 170 Å². The van der Waals surface area contributed by atoms with Gasteiger partial charge >= 0.3 is 0 Å². The molecular formula is C52H48N6O2S2. The number of hydrogen-bond acceptors (Lipinski definition) is 10. The predicted octanol–water partition coefficient (Wildman–Crippen LogP) is 11.2. The molecule has 0 aliphatic carbocycles. The van der Waals surface area contributed by atoms with Crippen LogP contribution in [0.5, 0.6) is 0 Å². The van der Waals surface area contributed by atoms with Crippen LogP contribution in [0.3, 0.4) is 0 Å². The van der Waals surface area contributed by atoms with E-state index in [2.05, 4.69) is 68.1 Å².